The third-order valence-corrected chi connectivity index (χ3v) is 4.50. The summed E-state index contributed by atoms with van der Waals surface area (Å²) >= 11 is 23.0. The van der Waals surface area contributed by atoms with Gasteiger partial charge in [-0.1, -0.05) is 65.1 Å². The fourth-order valence-electron chi connectivity index (χ4n) is 2.17. The zero-order valence-corrected chi connectivity index (χ0v) is 18.3. The van der Waals surface area contributed by atoms with E-state index in [0.717, 1.165) is 5.56 Å². The normalized spacial score (nSPS) is 11.9. The maximum atomic E-state index is 12.1. The highest BCUT2D eigenvalue weighted by Crippen LogP contribution is 2.29. The number of nitrogens with one attached hydrogen (secondary N) is 3. The van der Waals surface area contributed by atoms with Crippen molar-refractivity contribution in [1.82, 2.24) is 10.6 Å². The van der Waals surface area contributed by atoms with Gasteiger partial charge in [0.1, 0.15) is 6.61 Å². The Morgan fingerprint density at radius 3 is 2.21 bits per heavy atom. The van der Waals surface area contributed by atoms with Gasteiger partial charge in [0.2, 0.25) is 3.79 Å². The van der Waals surface area contributed by atoms with Crippen molar-refractivity contribution in [3.8, 4) is 0 Å². The molecule has 0 fully saturated rings. The van der Waals surface area contributed by atoms with E-state index in [0.29, 0.717) is 11.3 Å². The second-order valence-electron chi connectivity index (χ2n) is 5.91. The second-order valence-corrected chi connectivity index (χ2v) is 8.69. The van der Waals surface area contributed by atoms with E-state index in [1.54, 1.807) is 24.3 Å². The number of amides is 1. The van der Waals surface area contributed by atoms with Gasteiger partial charge in [0.15, 0.2) is 17.1 Å². The molecule has 0 saturated heterocycles. The van der Waals surface area contributed by atoms with Gasteiger partial charge in [-0.2, -0.15) is 0 Å². The fourth-order valence-corrected chi connectivity index (χ4v) is 2.73. The molecule has 2 aromatic rings. The number of carbonyl (C=O) groups is 2. The van der Waals surface area contributed by atoms with Crippen LogP contribution >= 0.6 is 47.0 Å². The Morgan fingerprint density at radius 2 is 1.66 bits per heavy atom. The Kier molecular flexibility index (Phi) is 8.52. The van der Waals surface area contributed by atoms with Crippen molar-refractivity contribution in [3.05, 3.63) is 65.7 Å². The van der Waals surface area contributed by atoms with Crippen molar-refractivity contribution in [3.63, 3.8) is 0 Å². The first kappa shape index (κ1) is 23.2. The van der Waals surface area contributed by atoms with Crippen molar-refractivity contribution in [2.45, 2.75) is 23.5 Å². The molecule has 0 radical (unpaired) electrons. The number of alkyl carbamates (subject to hydrolysis) is 1. The molecule has 0 heterocycles. The molecule has 0 bridgehead atoms. The van der Waals surface area contributed by atoms with E-state index in [1.165, 1.54) is 6.92 Å². The maximum absolute atomic E-state index is 12.1. The standard InChI is InChI=1S/C19H18Cl3N3O3S/c1-12(26)14-7-9-15(10-8-14)23-17(29)24-16(19(20,21)22)25-18(27)28-11-13-5-3-2-4-6-13/h2-10,16H,11H2,1H3,(H,25,27)(H2,23,24,29). The molecule has 0 aliphatic heterocycles. The Bertz CT molecular complexity index is 858. The molecule has 6 nitrogen and oxygen atoms in total. The summed E-state index contributed by atoms with van der Waals surface area (Å²) in [4.78, 5) is 23.4. The topological polar surface area (TPSA) is 79.5 Å². The third kappa shape index (κ3) is 8.06. The lowest BCUT2D eigenvalue weighted by atomic mass is 10.1. The fraction of sp³-hybridized carbons (Fsp3) is 0.211. The largest absolute Gasteiger partial charge is 0.445 e. The highest BCUT2D eigenvalue weighted by Gasteiger charge is 2.35. The van der Waals surface area contributed by atoms with Gasteiger partial charge < -0.3 is 15.4 Å². The molecule has 0 aliphatic rings. The molecule has 1 amide bonds. The molecule has 0 aromatic heterocycles. The molecular formula is C19H18Cl3N3O3S. The van der Waals surface area contributed by atoms with Crippen molar-refractivity contribution in [2.75, 3.05) is 5.32 Å². The summed E-state index contributed by atoms with van der Waals surface area (Å²) < 4.78 is 3.22. The first-order valence-electron chi connectivity index (χ1n) is 8.37. The first-order valence-corrected chi connectivity index (χ1v) is 9.92. The Morgan fingerprint density at radius 1 is 1.03 bits per heavy atom. The molecule has 3 N–H and O–H groups in total. The zero-order chi connectivity index (χ0) is 21.4. The molecular weight excluding hydrogens is 457 g/mol. The van der Waals surface area contributed by atoms with E-state index in [9.17, 15) is 9.59 Å². The van der Waals surface area contributed by atoms with E-state index in [4.69, 9.17) is 51.8 Å². The average molecular weight is 475 g/mol. The van der Waals surface area contributed by atoms with Crippen LogP contribution in [0.3, 0.4) is 0 Å². The van der Waals surface area contributed by atoms with E-state index >= 15 is 0 Å². The predicted octanol–water partition coefficient (Wildman–Crippen LogP) is 4.80. The monoisotopic (exact) mass is 473 g/mol. The summed E-state index contributed by atoms with van der Waals surface area (Å²) in [5.74, 6) is -0.0493. The van der Waals surface area contributed by atoms with Crippen molar-refractivity contribution >= 4 is 69.7 Å². The highest BCUT2D eigenvalue weighted by molar-refractivity contribution is 7.80. The van der Waals surface area contributed by atoms with Gasteiger partial charge in [0, 0.05) is 11.3 Å². The van der Waals surface area contributed by atoms with Crippen molar-refractivity contribution in [2.24, 2.45) is 0 Å². The number of rotatable bonds is 6. The number of anilines is 1. The number of carbonyl (C=O) groups excluding carboxylic acids is 2. The van der Waals surface area contributed by atoms with Gasteiger partial charge in [-0.05, 0) is 49.0 Å². The summed E-state index contributed by atoms with van der Waals surface area (Å²) in [5, 5.41) is 8.13. The van der Waals surface area contributed by atoms with Crippen molar-refractivity contribution in [1.29, 1.82) is 0 Å². The number of Topliss-reactive ketones (excluding diaryl/α,β-unsaturated/α-hetero) is 1. The molecule has 0 saturated carbocycles. The number of hydrogen-bond donors (Lipinski definition) is 3. The van der Waals surface area contributed by atoms with Gasteiger partial charge in [-0.25, -0.2) is 4.79 Å². The molecule has 29 heavy (non-hydrogen) atoms. The lowest BCUT2D eigenvalue weighted by Crippen LogP contribution is -2.56. The number of halogens is 3. The number of ether oxygens (including phenoxy) is 1. The van der Waals surface area contributed by atoms with Gasteiger partial charge in [-0.3, -0.25) is 10.1 Å². The molecule has 0 spiro atoms. The number of alkyl halides is 3. The molecule has 154 valence electrons. The third-order valence-electron chi connectivity index (χ3n) is 3.63. The molecule has 1 unspecified atom stereocenters. The van der Waals surface area contributed by atoms with E-state index in [1.807, 2.05) is 30.3 Å². The van der Waals surface area contributed by atoms with Gasteiger partial charge in [-0.15, -0.1) is 0 Å². The van der Waals surface area contributed by atoms with Crippen LogP contribution in [0.5, 0.6) is 0 Å². The van der Waals surface area contributed by atoms with Crippen LogP contribution in [0.4, 0.5) is 10.5 Å². The number of thiocarbonyl (C=S) groups is 1. The van der Waals surface area contributed by atoms with E-state index in [-0.39, 0.29) is 17.5 Å². The minimum atomic E-state index is -1.91. The predicted molar refractivity (Wildman–Crippen MR) is 120 cm³/mol. The van der Waals surface area contributed by atoms with Gasteiger partial charge in [0.25, 0.3) is 0 Å². The molecule has 0 aliphatic carbocycles. The molecule has 10 heteroatoms. The van der Waals surface area contributed by atoms with E-state index in [2.05, 4.69) is 16.0 Å². The van der Waals surface area contributed by atoms with Crippen LogP contribution in [0.15, 0.2) is 54.6 Å². The summed E-state index contributed by atoms with van der Waals surface area (Å²) in [7, 11) is 0. The molecule has 1 atom stereocenters. The van der Waals surface area contributed by atoms with Gasteiger partial charge >= 0.3 is 6.09 Å². The first-order chi connectivity index (χ1) is 13.6. The SMILES string of the molecule is CC(=O)c1ccc(NC(=S)NC(NC(=O)OCc2ccccc2)C(Cl)(Cl)Cl)cc1. The van der Waals surface area contributed by atoms with E-state index < -0.39 is 16.1 Å². The van der Waals surface area contributed by atoms with Crippen LogP contribution in [0.1, 0.15) is 22.8 Å². The minimum absolute atomic E-state index is 0.0493. The quantitative estimate of drug-likeness (QED) is 0.242. The molecule has 2 aromatic carbocycles. The lowest BCUT2D eigenvalue weighted by molar-refractivity contribution is 0.101. The Labute approximate surface area is 188 Å². The zero-order valence-electron chi connectivity index (χ0n) is 15.2. The molecule has 2 rings (SSSR count). The van der Waals surface area contributed by atoms with Crippen LogP contribution in [0, 0.1) is 0 Å². The highest BCUT2D eigenvalue weighted by atomic mass is 35.6. The van der Waals surface area contributed by atoms with Crippen LogP contribution in [0.2, 0.25) is 0 Å². The maximum Gasteiger partial charge on any atom is 0.409 e. The number of ketones is 1. The summed E-state index contributed by atoms with van der Waals surface area (Å²) in [6.45, 7) is 1.53. The van der Waals surface area contributed by atoms with Crippen molar-refractivity contribution < 1.29 is 14.3 Å². The lowest BCUT2D eigenvalue weighted by Gasteiger charge is -2.27. The number of hydrogen-bond acceptors (Lipinski definition) is 4. The average Bonchev–Trinajstić information content (AvgIpc) is 2.66. The summed E-state index contributed by atoms with van der Waals surface area (Å²) in [6, 6.07) is 15.8. The summed E-state index contributed by atoms with van der Waals surface area (Å²) in [6.07, 6.45) is -1.95. The van der Waals surface area contributed by atoms with Crippen LogP contribution in [0.25, 0.3) is 0 Å². The minimum Gasteiger partial charge on any atom is -0.445 e. The van der Waals surface area contributed by atoms with Gasteiger partial charge in [0.05, 0.1) is 0 Å². The summed E-state index contributed by atoms with van der Waals surface area (Å²) in [5.41, 5.74) is 1.99. The van der Waals surface area contributed by atoms with Crippen LogP contribution in [-0.2, 0) is 11.3 Å². The second kappa shape index (κ2) is 10.6. The smallest absolute Gasteiger partial charge is 0.409 e. The Hall–Kier alpha value is -2.06. The van der Waals surface area contributed by atoms with Crippen LogP contribution < -0.4 is 16.0 Å². The Balaban J connectivity index is 1.92. The number of benzene rings is 2. The van der Waals surface area contributed by atoms with Crippen LogP contribution in [-0.4, -0.2) is 26.9 Å².